The molecule has 0 fully saturated rings. The Balaban J connectivity index is 2.03. The topological polar surface area (TPSA) is 101 Å². The largest absolute Gasteiger partial charge is 0.383 e. The molecule has 0 saturated heterocycles. The van der Waals surface area contributed by atoms with Crippen LogP contribution in [0.4, 0.5) is 5.82 Å². The summed E-state index contributed by atoms with van der Waals surface area (Å²) in [5, 5.41) is 14.7. The molecule has 2 aromatic rings. The van der Waals surface area contributed by atoms with Gasteiger partial charge in [0.05, 0.1) is 6.54 Å². The van der Waals surface area contributed by atoms with Crippen molar-refractivity contribution in [2.45, 2.75) is 12.5 Å². The van der Waals surface area contributed by atoms with Gasteiger partial charge in [0.1, 0.15) is 5.60 Å². The van der Waals surface area contributed by atoms with Crippen LogP contribution in [-0.2, 0) is 5.60 Å². The SMILES string of the molecule is CC(O)(CNC(=O)c1nccnc1N)c1cccs1. The van der Waals surface area contributed by atoms with Gasteiger partial charge in [0, 0.05) is 17.3 Å². The minimum Gasteiger partial charge on any atom is -0.383 e. The Hall–Kier alpha value is -1.99. The Labute approximate surface area is 114 Å². The van der Waals surface area contributed by atoms with Gasteiger partial charge in [-0.15, -0.1) is 11.3 Å². The number of hydrogen-bond donors (Lipinski definition) is 3. The van der Waals surface area contributed by atoms with E-state index >= 15 is 0 Å². The number of nitrogen functional groups attached to an aromatic ring is 1. The van der Waals surface area contributed by atoms with Crippen molar-refractivity contribution in [2.75, 3.05) is 12.3 Å². The normalized spacial score (nSPS) is 13.8. The first kappa shape index (κ1) is 13.4. The summed E-state index contributed by atoms with van der Waals surface area (Å²) < 4.78 is 0. The lowest BCUT2D eigenvalue weighted by molar-refractivity contribution is 0.0555. The Bertz CT molecular complexity index is 569. The number of thiophene rings is 1. The number of anilines is 1. The Morgan fingerprint density at radius 3 is 2.89 bits per heavy atom. The van der Waals surface area contributed by atoms with E-state index in [9.17, 15) is 9.90 Å². The van der Waals surface area contributed by atoms with Gasteiger partial charge in [0.15, 0.2) is 11.5 Å². The summed E-state index contributed by atoms with van der Waals surface area (Å²) in [5.41, 5.74) is 4.50. The molecule has 6 nitrogen and oxygen atoms in total. The second-order valence-electron chi connectivity index (χ2n) is 4.22. The molecule has 0 bridgehead atoms. The fraction of sp³-hybridized carbons (Fsp3) is 0.250. The van der Waals surface area contributed by atoms with Crippen LogP contribution in [0.3, 0.4) is 0 Å². The maximum absolute atomic E-state index is 11.9. The molecule has 1 unspecified atom stereocenters. The monoisotopic (exact) mass is 278 g/mol. The van der Waals surface area contributed by atoms with Crippen LogP contribution in [0.2, 0.25) is 0 Å². The maximum atomic E-state index is 11.9. The summed E-state index contributed by atoms with van der Waals surface area (Å²) in [6.45, 7) is 1.71. The molecule has 7 heteroatoms. The van der Waals surface area contributed by atoms with Crippen LogP contribution in [0.15, 0.2) is 29.9 Å². The van der Waals surface area contributed by atoms with Crippen molar-refractivity contribution in [3.8, 4) is 0 Å². The fourth-order valence-electron chi connectivity index (χ4n) is 1.53. The van der Waals surface area contributed by atoms with Gasteiger partial charge >= 0.3 is 0 Å². The predicted octanol–water partition coefficient (Wildman–Crippen LogP) is 0.758. The molecule has 0 aromatic carbocycles. The van der Waals surface area contributed by atoms with Crippen LogP contribution >= 0.6 is 11.3 Å². The zero-order valence-corrected chi connectivity index (χ0v) is 11.1. The average molecular weight is 278 g/mol. The molecule has 0 aliphatic carbocycles. The van der Waals surface area contributed by atoms with Crippen molar-refractivity contribution in [3.63, 3.8) is 0 Å². The van der Waals surface area contributed by atoms with Crippen molar-refractivity contribution in [1.82, 2.24) is 15.3 Å². The lowest BCUT2D eigenvalue weighted by Gasteiger charge is -2.22. The summed E-state index contributed by atoms with van der Waals surface area (Å²) >= 11 is 1.43. The number of nitrogens with one attached hydrogen (secondary N) is 1. The highest BCUT2D eigenvalue weighted by Crippen LogP contribution is 2.24. The molecule has 2 aromatic heterocycles. The maximum Gasteiger partial charge on any atom is 0.273 e. The molecule has 2 rings (SSSR count). The smallest absolute Gasteiger partial charge is 0.273 e. The first-order valence-corrected chi connectivity index (χ1v) is 6.50. The minimum absolute atomic E-state index is 0.0597. The molecule has 0 aliphatic rings. The summed E-state index contributed by atoms with van der Waals surface area (Å²) in [4.78, 5) is 20.3. The number of rotatable bonds is 4. The molecule has 0 spiro atoms. The first-order valence-electron chi connectivity index (χ1n) is 5.62. The van der Waals surface area contributed by atoms with Gasteiger partial charge in [0.25, 0.3) is 5.91 Å². The zero-order chi connectivity index (χ0) is 13.9. The van der Waals surface area contributed by atoms with Gasteiger partial charge < -0.3 is 16.2 Å². The van der Waals surface area contributed by atoms with E-state index in [2.05, 4.69) is 15.3 Å². The van der Waals surface area contributed by atoms with Crippen LogP contribution in [0.1, 0.15) is 22.3 Å². The predicted molar refractivity (Wildman–Crippen MR) is 72.7 cm³/mol. The van der Waals surface area contributed by atoms with E-state index in [0.717, 1.165) is 4.88 Å². The van der Waals surface area contributed by atoms with E-state index in [4.69, 9.17) is 5.73 Å². The van der Waals surface area contributed by atoms with Crippen molar-refractivity contribution in [2.24, 2.45) is 0 Å². The van der Waals surface area contributed by atoms with Gasteiger partial charge in [0.2, 0.25) is 0 Å². The number of aliphatic hydroxyl groups is 1. The van der Waals surface area contributed by atoms with Gasteiger partial charge in [-0.3, -0.25) is 4.79 Å². The van der Waals surface area contributed by atoms with Crippen LogP contribution in [0.5, 0.6) is 0 Å². The van der Waals surface area contributed by atoms with Gasteiger partial charge in [-0.1, -0.05) is 6.07 Å². The molecule has 1 amide bonds. The highest BCUT2D eigenvalue weighted by Gasteiger charge is 2.25. The fourth-order valence-corrected chi connectivity index (χ4v) is 2.32. The van der Waals surface area contributed by atoms with Gasteiger partial charge in [-0.2, -0.15) is 0 Å². The highest BCUT2D eigenvalue weighted by molar-refractivity contribution is 7.10. The first-order chi connectivity index (χ1) is 9.00. The lowest BCUT2D eigenvalue weighted by atomic mass is 10.1. The van der Waals surface area contributed by atoms with Crippen molar-refractivity contribution in [3.05, 3.63) is 40.5 Å². The molecule has 19 heavy (non-hydrogen) atoms. The van der Waals surface area contributed by atoms with E-state index in [1.807, 2.05) is 17.5 Å². The van der Waals surface area contributed by atoms with Gasteiger partial charge in [-0.05, 0) is 18.4 Å². The minimum atomic E-state index is -1.12. The average Bonchev–Trinajstić information content (AvgIpc) is 2.91. The molecular formula is C12H14N4O2S. The second-order valence-corrected chi connectivity index (χ2v) is 5.17. The number of hydrogen-bond acceptors (Lipinski definition) is 6. The molecule has 0 aliphatic heterocycles. The van der Waals surface area contributed by atoms with Crippen molar-refractivity contribution >= 4 is 23.1 Å². The molecule has 2 heterocycles. The Morgan fingerprint density at radius 2 is 2.26 bits per heavy atom. The third-order valence-electron chi connectivity index (χ3n) is 2.59. The molecule has 0 saturated carbocycles. The highest BCUT2D eigenvalue weighted by atomic mass is 32.1. The number of nitrogens with zero attached hydrogens (tertiary/aromatic N) is 2. The molecular weight excluding hydrogens is 264 g/mol. The van der Waals surface area contributed by atoms with E-state index in [1.165, 1.54) is 23.7 Å². The molecule has 4 N–H and O–H groups in total. The number of nitrogens with two attached hydrogens (primary N) is 1. The summed E-state index contributed by atoms with van der Waals surface area (Å²) in [7, 11) is 0. The standard InChI is InChI=1S/C12H14N4O2S/c1-12(18,8-3-2-6-19-8)7-16-11(17)9-10(13)15-5-4-14-9/h2-6,18H,7H2,1H3,(H2,13,15)(H,16,17). The van der Waals surface area contributed by atoms with E-state index in [1.54, 1.807) is 6.92 Å². The van der Waals surface area contributed by atoms with Crippen LogP contribution < -0.4 is 11.1 Å². The summed E-state index contributed by atoms with van der Waals surface area (Å²) in [6.07, 6.45) is 2.80. The van der Waals surface area contributed by atoms with Crippen molar-refractivity contribution in [1.29, 1.82) is 0 Å². The third kappa shape index (κ3) is 3.07. The summed E-state index contributed by atoms with van der Waals surface area (Å²) in [6, 6.07) is 3.66. The Kier molecular flexibility index (Phi) is 3.77. The molecule has 1 atom stereocenters. The van der Waals surface area contributed by atoms with E-state index in [-0.39, 0.29) is 18.1 Å². The summed E-state index contributed by atoms with van der Waals surface area (Å²) in [5.74, 6) is -0.391. The van der Waals surface area contributed by atoms with Crippen LogP contribution in [0.25, 0.3) is 0 Å². The van der Waals surface area contributed by atoms with Crippen LogP contribution in [0, 0.1) is 0 Å². The Morgan fingerprint density at radius 1 is 1.53 bits per heavy atom. The van der Waals surface area contributed by atoms with Crippen molar-refractivity contribution < 1.29 is 9.90 Å². The van der Waals surface area contributed by atoms with E-state index < -0.39 is 11.5 Å². The molecule has 0 radical (unpaired) electrons. The quantitative estimate of drug-likeness (QED) is 0.766. The number of carbonyl (C=O) groups excluding carboxylic acids is 1. The second kappa shape index (κ2) is 5.33. The number of amides is 1. The van der Waals surface area contributed by atoms with Crippen LogP contribution in [-0.4, -0.2) is 27.5 Å². The van der Waals surface area contributed by atoms with E-state index in [0.29, 0.717) is 0 Å². The number of aromatic nitrogens is 2. The molecule has 100 valence electrons. The zero-order valence-electron chi connectivity index (χ0n) is 10.3. The van der Waals surface area contributed by atoms with Gasteiger partial charge in [-0.25, -0.2) is 9.97 Å². The third-order valence-corrected chi connectivity index (χ3v) is 3.71. The lowest BCUT2D eigenvalue weighted by Crippen LogP contribution is -2.38. The number of carbonyl (C=O) groups is 1.